The molecule has 0 aliphatic heterocycles. The van der Waals surface area contributed by atoms with Gasteiger partial charge in [-0.1, -0.05) is 56.4 Å². The second-order valence-electron chi connectivity index (χ2n) is 7.23. The van der Waals surface area contributed by atoms with Crippen LogP contribution in [0.1, 0.15) is 58.8 Å². The average molecular weight is 275 g/mol. The monoisotopic (exact) mass is 275 g/mol. The molecule has 0 aromatic carbocycles. The van der Waals surface area contributed by atoms with E-state index in [2.05, 4.69) is 44.0 Å². The third-order valence-electron chi connectivity index (χ3n) is 5.25. The zero-order chi connectivity index (χ0) is 14.4. The number of nitrogens with zero attached hydrogens (tertiary/aromatic N) is 1. The van der Waals surface area contributed by atoms with Gasteiger partial charge in [0, 0.05) is 13.1 Å². The summed E-state index contributed by atoms with van der Waals surface area (Å²) in [7, 11) is 2.32. The number of hydrogen-bond acceptors (Lipinski definition) is 1. The van der Waals surface area contributed by atoms with Crippen molar-refractivity contribution in [3.63, 3.8) is 0 Å². The highest BCUT2D eigenvalue weighted by Gasteiger charge is 2.20. The van der Waals surface area contributed by atoms with Crippen LogP contribution >= 0.6 is 0 Å². The van der Waals surface area contributed by atoms with Crippen LogP contribution in [0.4, 0.5) is 0 Å². The van der Waals surface area contributed by atoms with Gasteiger partial charge in [0.05, 0.1) is 0 Å². The molecule has 0 aromatic rings. The highest BCUT2D eigenvalue weighted by molar-refractivity contribution is 5.18. The second kappa shape index (κ2) is 8.02. The molecule has 1 fully saturated rings. The van der Waals surface area contributed by atoms with E-state index in [1.165, 1.54) is 63.6 Å². The van der Waals surface area contributed by atoms with Gasteiger partial charge in [-0.25, -0.2) is 0 Å². The molecule has 0 N–H and O–H groups in total. The molecule has 2 aliphatic rings. The molecule has 0 amide bonds. The molecule has 114 valence electrons. The molecule has 1 saturated carbocycles. The SMILES string of the molecule is CCC1CCCC(CN(C)CC2C=CC=C(C)C2)CC1. The van der Waals surface area contributed by atoms with E-state index in [9.17, 15) is 0 Å². The Labute approximate surface area is 126 Å². The zero-order valence-corrected chi connectivity index (χ0v) is 13.8. The van der Waals surface area contributed by atoms with Gasteiger partial charge in [-0.05, 0) is 51.0 Å². The maximum atomic E-state index is 2.59. The predicted octanol–water partition coefficient (Wildman–Crippen LogP) is 5.05. The van der Waals surface area contributed by atoms with Crippen molar-refractivity contribution in [1.82, 2.24) is 4.90 Å². The lowest BCUT2D eigenvalue weighted by atomic mass is 9.93. The molecule has 0 aromatic heterocycles. The van der Waals surface area contributed by atoms with Crippen LogP contribution in [0.2, 0.25) is 0 Å². The van der Waals surface area contributed by atoms with Crippen LogP contribution in [0.15, 0.2) is 23.8 Å². The van der Waals surface area contributed by atoms with E-state index < -0.39 is 0 Å². The standard InChI is InChI=1S/C19H33N/c1-4-17-8-6-9-18(12-11-17)14-20(3)15-19-10-5-7-16(2)13-19/h5,7,10,17-19H,4,6,8-9,11-15H2,1-3H3. The molecule has 3 unspecified atom stereocenters. The van der Waals surface area contributed by atoms with Gasteiger partial charge in [-0.2, -0.15) is 0 Å². The van der Waals surface area contributed by atoms with Crippen molar-refractivity contribution in [2.24, 2.45) is 17.8 Å². The van der Waals surface area contributed by atoms with Gasteiger partial charge in [0.2, 0.25) is 0 Å². The summed E-state index contributed by atoms with van der Waals surface area (Å²) >= 11 is 0. The minimum atomic E-state index is 0.735. The molecule has 0 saturated heterocycles. The summed E-state index contributed by atoms with van der Waals surface area (Å²) in [6.45, 7) is 7.16. The van der Waals surface area contributed by atoms with E-state index in [-0.39, 0.29) is 0 Å². The van der Waals surface area contributed by atoms with Crippen molar-refractivity contribution in [3.8, 4) is 0 Å². The Hall–Kier alpha value is -0.560. The van der Waals surface area contributed by atoms with Crippen LogP contribution < -0.4 is 0 Å². The Kier molecular flexibility index (Phi) is 6.35. The van der Waals surface area contributed by atoms with Crippen LogP contribution in [0.5, 0.6) is 0 Å². The van der Waals surface area contributed by atoms with Crippen molar-refractivity contribution >= 4 is 0 Å². The topological polar surface area (TPSA) is 3.24 Å². The molecule has 1 heteroatoms. The van der Waals surface area contributed by atoms with Crippen LogP contribution in [-0.2, 0) is 0 Å². The first kappa shape index (κ1) is 15.8. The Balaban J connectivity index is 1.72. The Morgan fingerprint density at radius 2 is 1.85 bits per heavy atom. The number of rotatable bonds is 5. The summed E-state index contributed by atoms with van der Waals surface area (Å²) in [5.74, 6) is 2.69. The van der Waals surface area contributed by atoms with E-state index in [1.54, 1.807) is 0 Å². The largest absolute Gasteiger partial charge is 0.305 e. The third-order valence-corrected chi connectivity index (χ3v) is 5.25. The Morgan fingerprint density at radius 3 is 2.60 bits per heavy atom. The van der Waals surface area contributed by atoms with Crippen molar-refractivity contribution in [1.29, 1.82) is 0 Å². The van der Waals surface area contributed by atoms with Crippen LogP contribution in [0.25, 0.3) is 0 Å². The maximum absolute atomic E-state index is 2.59. The summed E-state index contributed by atoms with van der Waals surface area (Å²) in [5.41, 5.74) is 1.53. The van der Waals surface area contributed by atoms with Crippen molar-refractivity contribution in [3.05, 3.63) is 23.8 Å². The first-order valence-corrected chi connectivity index (χ1v) is 8.69. The number of hydrogen-bond donors (Lipinski definition) is 0. The minimum absolute atomic E-state index is 0.735. The van der Waals surface area contributed by atoms with Gasteiger partial charge in [-0.3, -0.25) is 0 Å². The third kappa shape index (κ3) is 5.09. The quantitative estimate of drug-likeness (QED) is 0.635. The minimum Gasteiger partial charge on any atom is -0.305 e. The molecular formula is C19H33N. The first-order chi connectivity index (χ1) is 9.67. The normalized spacial score (nSPS) is 31.2. The molecule has 3 atom stereocenters. The van der Waals surface area contributed by atoms with Crippen molar-refractivity contribution in [2.45, 2.75) is 58.8 Å². The Morgan fingerprint density at radius 1 is 1.10 bits per heavy atom. The Bertz CT molecular complexity index is 342. The first-order valence-electron chi connectivity index (χ1n) is 8.69. The lowest BCUT2D eigenvalue weighted by Crippen LogP contribution is -2.30. The summed E-state index contributed by atoms with van der Waals surface area (Å²) < 4.78 is 0. The van der Waals surface area contributed by atoms with Gasteiger partial charge in [0.15, 0.2) is 0 Å². The fraction of sp³-hybridized carbons (Fsp3) is 0.789. The molecule has 0 heterocycles. The highest BCUT2D eigenvalue weighted by atomic mass is 15.1. The molecule has 1 nitrogen and oxygen atoms in total. The van der Waals surface area contributed by atoms with Gasteiger partial charge in [-0.15, -0.1) is 0 Å². The highest BCUT2D eigenvalue weighted by Crippen LogP contribution is 2.29. The molecule has 2 rings (SSSR count). The summed E-state index contributed by atoms with van der Waals surface area (Å²) in [6, 6.07) is 0. The molecule has 0 radical (unpaired) electrons. The average Bonchev–Trinajstić information content (AvgIpc) is 2.63. The molecule has 2 aliphatic carbocycles. The van der Waals surface area contributed by atoms with Crippen molar-refractivity contribution < 1.29 is 0 Å². The van der Waals surface area contributed by atoms with Crippen LogP contribution in [0.3, 0.4) is 0 Å². The van der Waals surface area contributed by atoms with E-state index in [0.717, 1.165) is 17.8 Å². The smallest absolute Gasteiger partial charge is 0.00446 e. The lowest BCUT2D eigenvalue weighted by molar-refractivity contribution is 0.238. The summed E-state index contributed by atoms with van der Waals surface area (Å²) in [4.78, 5) is 2.59. The van der Waals surface area contributed by atoms with E-state index >= 15 is 0 Å². The summed E-state index contributed by atoms with van der Waals surface area (Å²) in [5, 5.41) is 0. The predicted molar refractivity (Wildman–Crippen MR) is 88.9 cm³/mol. The van der Waals surface area contributed by atoms with Gasteiger partial charge >= 0.3 is 0 Å². The molecular weight excluding hydrogens is 242 g/mol. The fourth-order valence-electron chi connectivity index (χ4n) is 4.01. The van der Waals surface area contributed by atoms with E-state index in [0.29, 0.717) is 0 Å². The zero-order valence-electron chi connectivity index (χ0n) is 13.8. The summed E-state index contributed by atoms with van der Waals surface area (Å²) in [6.07, 6.45) is 16.9. The molecule has 0 spiro atoms. The van der Waals surface area contributed by atoms with Gasteiger partial charge < -0.3 is 4.90 Å². The van der Waals surface area contributed by atoms with Crippen LogP contribution in [-0.4, -0.2) is 25.0 Å². The van der Waals surface area contributed by atoms with E-state index in [4.69, 9.17) is 0 Å². The van der Waals surface area contributed by atoms with E-state index in [1.807, 2.05) is 0 Å². The number of allylic oxidation sites excluding steroid dienone is 3. The maximum Gasteiger partial charge on any atom is 0.00446 e. The lowest BCUT2D eigenvalue weighted by Gasteiger charge is -2.27. The second-order valence-corrected chi connectivity index (χ2v) is 7.23. The van der Waals surface area contributed by atoms with Crippen molar-refractivity contribution in [2.75, 3.05) is 20.1 Å². The fourth-order valence-corrected chi connectivity index (χ4v) is 4.01. The van der Waals surface area contributed by atoms with Gasteiger partial charge in [0.25, 0.3) is 0 Å². The molecule has 20 heavy (non-hydrogen) atoms. The van der Waals surface area contributed by atoms with Crippen LogP contribution in [0, 0.1) is 17.8 Å². The van der Waals surface area contributed by atoms with Gasteiger partial charge in [0.1, 0.15) is 0 Å². The molecule has 0 bridgehead atoms.